The molecule has 0 aliphatic carbocycles. The van der Waals surface area contributed by atoms with Crippen molar-refractivity contribution < 1.29 is 13.9 Å². The van der Waals surface area contributed by atoms with Crippen molar-refractivity contribution in [1.29, 1.82) is 0 Å². The van der Waals surface area contributed by atoms with Crippen LogP contribution in [0.1, 0.15) is 26.7 Å². The maximum atomic E-state index is 13.6. The molecule has 2 amide bonds. The van der Waals surface area contributed by atoms with E-state index in [1.807, 2.05) is 0 Å². The van der Waals surface area contributed by atoms with Gasteiger partial charge in [0.1, 0.15) is 5.82 Å². The number of morpholine rings is 1. The first-order chi connectivity index (χ1) is 11.7. The van der Waals surface area contributed by atoms with Gasteiger partial charge in [0.05, 0.1) is 18.9 Å². The monoisotopic (exact) mass is 337 g/mol. The van der Waals surface area contributed by atoms with Crippen LogP contribution in [-0.2, 0) is 4.74 Å². The highest BCUT2D eigenvalue weighted by Gasteiger charge is 2.27. The van der Waals surface area contributed by atoms with Crippen LogP contribution in [-0.4, -0.2) is 49.8 Å². The smallest absolute Gasteiger partial charge is 0.319 e. The molecule has 134 valence electrons. The lowest BCUT2D eigenvalue weighted by Gasteiger charge is -2.38. The van der Waals surface area contributed by atoms with E-state index in [1.54, 1.807) is 18.2 Å². The van der Waals surface area contributed by atoms with Gasteiger partial charge in [-0.1, -0.05) is 38.8 Å². The first-order valence-electron chi connectivity index (χ1n) is 8.76. The van der Waals surface area contributed by atoms with Crippen molar-refractivity contribution in [1.82, 2.24) is 10.2 Å². The summed E-state index contributed by atoms with van der Waals surface area (Å²) in [6.45, 7) is 8.15. The molecule has 2 rings (SSSR count). The number of rotatable bonds is 7. The highest BCUT2D eigenvalue weighted by molar-refractivity contribution is 5.89. The molecule has 0 spiro atoms. The van der Waals surface area contributed by atoms with E-state index >= 15 is 0 Å². The number of benzene rings is 1. The number of nitrogens with one attached hydrogen (secondary N) is 2. The van der Waals surface area contributed by atoms with Gasteiger partial charge >= 0.3 is 6.03 Å². The number of halogens is 1. The average molecular weight is 337 g/mol. The van der Waals surface area contributed by atoms with Crippen molar-refractivity contribution in [2.75, 3.05) is 38.2 Å². The van der Waals surface area contributed by atoms with Crippen molar-refractivity contribution in [3.63, 3.8) is 0 Å². The molecular formula is C18H28FN3O2. The van der Waals surface area contributed by atoms with Gasteiger partial charge in [0.2, 0.25) is 0 Å². The normalized spacial score (nSPS) is 16.8. The molecule has 1 saturated heterocycles. The van der Waals surface area contributed by atoms with Crippen molar-refractivity contribution in [3.05, 3.63) is 30.1 Å². The number of amides is 2. The average Bonchev–Trinajstić information content (AvgIpc) is 2.61. The van der Waals surface area contributed by atoms with Crippen LogP contribution in [0.5, 0.6) is 0 Å². The van der Waals surface area contributed by atoms with Gasteiger partial charge in [-0.3, -0.25) is 4.90 Å². The lowest BCUT2D eigenvalue weighted by atomic mass is 9.92. The lowest BCUT2D eigenvalue weighted by Crippen LogP contribution is -2.52. The standard InChI is InChI=1S/C18H28FN3O2/c1-3-14(4-2)17(22-9-11-24-12-10-22)13-20-18(23)21-16-8-6-5-7-15(16)19/h5-8,14,17H,3-4,9-13H2,1-2H3,(H2,20,21,23). The minimum atomic E-state index is -0.433. The minimum absolute atomic E-state index is 0.195. The summed E-state index contributed by atoms with van der Waals surface area (Å²) in [6.07, 6.45) is 2.13. The largest absolute Gasteiger partial charge is 0.379 e. The zero-order chi connectivity index (χ0) is 17.4. The molecule has 1 aromatic carbocycles. The Bertz CT molecular complexity index is 517. The molecule has 0 saturated carbocycles. The van der Waals surface area contributed by atoms with Crippen LogP contribution in [0.15, 0.2) is 24.3 Å². The third-order valence-corrected chi connectivity index (χ3v) is 4.70. The molecule has 6 heteroatoms. The summed E-state index contributed by atoms with van der Waals surface area (Å²) in [5, 5.41) is 5.48. The molecule has 0 bridgehead atoms. The van der Waals surface area contributed by atoms with Gasteiger partial charge < -0.3 is 15.4 Å². The Hall–Kier alpha value is -1.66. The number of anilines is 1. The number of carbonyl (C=O) groups excluding carboxylic acids is 1. The van der Waals surface area contributed by atoms with Crippen LogP contribution < -0.4 is 10.6 Å². The second-order valence-corrected chi connectivity index (χ2v) is 6.11. The third-order valence-electron chi connectivity index (χ3n) is 4.70. The Labute approximate surface area is 143 Å². The first kappa shape index (κ1) is 18.7. The van der Waals surface area contributed by atoms with Gasteiger partial charge in [0.25, 0.3) is 0 Å². The Kier molecular flexibility index (Phi) is 7.46. The summed E-state index contributed by atoms with van der Waals surface area (Å²) in [6, 6.07) is 6.07. The summed E-state index contributed by atoms with van der Waals surface area (Å²) >= 11 is 0. The second-order valence-electron chi connectivity index (χ2n) is 6.11. The van der Waals surface area contributed by atoms with Crippen LogP contribution in [0.2, 0.25) is 0 Å². The zero-order valence-corrected chi connectivity index (χ0v) is 14.6. The molecule has 24 heavy (non-hydrogen) atoms. The fraction of sp³-hybridized carbons (Fsp3) is 0.611. The SMILES string of the molecule is CCC(CC)C(CNC(=O)Nc1ccccc1F)N1CCOCC1. The highest BCUT2D eigenvalue weighted by Crippen LogP contribution is 2.19. The summed E-state index contributed by atoms with van der Waals surface area (Å²) in [5.41, 5.74) is 0.195. The van der Waals surface area contributed by atoms with Crippen LogP contribution in [0.25, 0.3) is 0 Å². The predicted octanol–water partition coefficient (Wildman–Crippen LogP) is 3.08. The second kappa shape index (κ2) is 9.59. The molecule has 1 unspecified atom stereocenters. The minimum Gasteiger partial charge on any atom is -0.379 e. The van der Waals surface area contributed by atoms with Gasteiger partial charge in [-0.2, -0.15) is 0 Å². The fourth-order valence-corrected chi connectivity index (χ4v) is 3.26. The quantitative estimate of drug-likeness (QED) is 0.804. The van der Waals surface area contributed by atoms with Gasteiger partial charge in [0.15, 0.2) is 0 Å². The van der Waals surface area contributed by atoms with E-state index in [-0.39, 0.29) is 17.8 Å². The maximum absolute atomic E-state index is 13.6. The fourth-order valence-electron chi connectivity index (χ4n) is 3.26. The number of hydrogen-bond acceptors (Lipinski definition) is 3. The molecule has 0 aromatic heterocycles. The maximum Gasteiger partial charge on any atom is 0.319 e. The third kappa shape index (κ3) is 5.18. The van der Waals surface area contributed by atoms with E-state index in [4.69, 9.17) is 4.74 Å². The number of para-hydroxylation sites is 1. The number of urea groups is 1. The van der Waals surface area contributed by atoms with E-state index < -0.39 is 5.82 Å². The number of carbonyl (C=O) groups is 1. The van der Waals surface area contributed by atoms with Crippen LogP contribution in [0.4, 0.5) is 14.9 Å². The summed E-state index contributed by atoms with van der Waals surface area (Å²) in [7, 11) is 0. The van der Waals surface area contributed by atoms with Gasteiger partial charge in [-0.25, -0.2) is 9.18 Å². The van der Waals surface area contributed by atoms with E-state index in [2.05, 4.69) is 29.4 Å². The van der Waals surface area contributed by atoms with Crippen molar-refractivity contribution in [3.8, 4) is 0 Å². The number of hydrogen-bond donors (Lipinski definition) is 2. The van der Waals surface area contributed by atoms with Crippen LogP contribution >= 0.6 is 0 Å². The van der Waals surface area contributed by atoms with Crippen molar-refractivity contribution >= 4 is 11.7 Å². The van der Waals surface area contributed by atoms with E-state index in [9.17, 15) is 9.18 Å². The van der Waals surface area contributed by atoms with Crippen molar-refractivity contribution in [2.24, 2.45) is 5.92 Å². The highest BCUT2D eigenvalue weighted by atomic mass is 19.1. The Balaban J connectivity index is 1.93. The first-order valence-corrected chi connectivity index (χ1v) is 8.76. The predicted molar refractivity (Wildman–Crippen MR) is 93.7 cm³/mol. The van der Waals surface area contributed by atoms with E-state index in [1.165, 1.54) is 6.07 Å². The summed E-state index contributed by atoms with van der Waals surface area (Å²) < 4.78 is 19.0. The zero-order valence-electron chi connectivity index (χ0n) is 14.6. The van der Waals surface area contributed by atoms with Gasteiger partial charge in [-0.05, 0) is 18.1 Å². The molecule has 1 fully saturated rings. The van der Waals surface area contributed by atoms with Gasteiger partial charge in [-0.15, -0.1) is 0 Å². The molecule has 1 aromatic rings. The molecule has 1 heterocycles. The molecule has 1 aliphatic rings. The Morgan fingerprint density at radius 2 is 1.92 bits per heavy atom. The number of ether oxygens (including phenoxy) is 1. The topological polar surface area (TPSA) is 53.6 Å². The summed E-state index contributed by atoms with van der Waals surface area (Å²) in [4.78, 5) is 14.5. The lowest BCUT2D eigenvalue weighted by molar-refractivity contribution is 0.00247. The molecule has 5 nitrogen and oxygen atoms in total. The van der Waals surface area contributed by atoms with Crippen LogP contribution in [0.3, 0.4) is 0 Å². The van der Waals surface area contributed by atoms with Crippen molar-refractivity contribution in [2.45, 2.75) is 32.7 Å². The molecule has 1 atom stereocenters. The Morgan fingerprint density at radius 1 is 1.25 bits per heavy atom. The molecule has 0 radical (unpaired) electrons. The van der Waals surface area contributed by atoms with E-state index in [0.29, 0.717) is 12.5 Å². The van der Waals surface area contributed by atoms with Gasteiger partial charge in [0, 0.05) is 25.7 Å². The van der Waals surface area contributed by atoms with E-state index in [0.717, 1.165) is 39.1 Å². The summed E-state index contributed by atoms with van der Waals surface area (Å²) in [5.74, 6) is 0.0780. The molecule has 2 N–H and O–H groups in total. The molecule has 1 aliphatic heterocycles. The number of nitrogens with zero attached hydrogens (tertiary/aromatic N) is 1. The van der Waals surface area contributed by atoms with Crippen LogP contribution in [0, 0.1) is 11.7 Å². The molecular weight excluding hydrogens is 309 g/mol. The Morgan fingerprint density at radius 3 is 2.54 bits per heavy atom.